The number of aryl methyl sites for hydroxylation is 1. The van der Waals surface area contributed by atoms with Gasteiger partial charge in [0, 0.05) is 31.7 Å². The van der Waals surface area contributed by atoms with Gasteiger partial charge in [0.25, 0.3) is 11.7 Å². The summed E-state index contributed by atoms with van der Waals surface area (Å²) < 4.78 is 17.3. The highest BCUT2D eigenvalue weighted by Crippen LogP contribution is 2.40. The van der Waals surface area contributed by atoms with E-state index < -0.39 is 17.7 Å². The van der Waals surface area contributed by atoms with Gasteiger partial charge in [-0.2, -0.15) is 0 Å². The first-order chi connectivity index (χ1) is 21.4. The van der Waals surface area contributed by atoms with Crippen LogP contribution < -0.4 is 9.47 Å². The van der Waals surface area contributed by atoms with Crippen LogP contribution in [-0.2, 0) is 20.9 Å². The number of likely N-dealkylation sites (tertiary alicyclic amines) is 1. The van der Waals surface area contributed by atoms with Crippen molar-refractivity contribution in [1.29, 1.82) is 0 Å². The molecule has 0 spiro atoms. The molecule has 2 aliphatic heterocycles. The third kappa shape index (κ3) is 7.68. The molecule has 1 atom stereocenters. The summed E-state index contributed by atoms with van der Waals surface area (Å²) in [6.07, 6.45) is 3.21. The van der Waals surface area contributed by atoms with Crippen molar-refractivity contribution in [3.8, 4) is 11.5 Å². The molecule has 1 amide bonds. The molecule has 3 aromatic rings. The Kier molecular flexibility index (Phi) is 10.7. The summed E-state index contributed by atoms with van der Waals surface area (Å²) in [6.45, 7) is 9.05. The van der Waals surface area contributed by atoms with Gasteiger partial charge >= 0.3 is 0 Å². The lowest BCUT2D eigenvalue weighted by atomic mass is 9.95. The molecule has 0 aliphatic carbocycles. The van der Waals surface area contributed by atoms with E-state index >= 15 is 0 Å². The highest BCUT2D eigenvalue weighted by Gasteiger charge is 2.46. The zero-order chi connectivity index (χ0) is 30.9. The molecule has 0 saturated carbocycles. The topological polar surface area (TPSA) is 88.5 Å². The van der Waals surface area contributed by atoms with E-state index in [0.717, 1.165) is 54.8 Å². The zero-order valence-electron chi connectivity index (χ0n) is 25.7. The molecule has 2 heterocycles. The molecule has 0 radical (unpaired) electrons. The van der Waals surface area contributed by atoms with E-state index in [0.29, 0.717) is 50.8 Å². The normalized spacial score (nSPS) is 18.5. The number of nitrogens with zero attached hydrogens (tertiary/aromatic N) is 2. The fourth-order valence-corrected chi connectivity index (χ4v) is 5.65. The first-order valence-electron chi connectivity index (χ1n) is 15.5. The number of carbonyl (C=O) groups excluding carboxylic acids is 2. The first-order valence-corrected chi connectivity index (χ1v) is 15.5. The average Bonchev–Trinajstić information content (AvgIpc) is 3.30. The molecule has 1 unspecified atom stereocenters. The van der Waals surface area contributed by atoms with E-state index in [1.807, 2.05) is 49.4 Å². The minimum Gasteiger partial charge on any atom is -0.507 e. The van der Waals surface area contributed by atoms with E-state index in [1.165, 1.54) is 0 Å². The fourth-order valence-electron chi connectivity index (χ4n) is 5.65. The molecule has 5 rings (SSSR count). The molecule has 2 fully saturated rings. The maximum absolute atomic E-state index is 13.5. The van der Waals surface area contributed by atoms with Crippen molar-refractivity contribution in [3.05, 3.63) is 101 Å². The quantitative estimate of drug-likeness (QED) is 0.114. The Balaban J connectivity index is 1.39. The second-order valence-electron chi connectivity index (χ2n) is 11.4. The van der Waals surface area contributed by atoms with Gasteiger partial charge in [0.2, 0.25) is 0 Å². The number of hydrogen-bond acceptors (Lipinski definition) is 7. The zero-order valence-corrected chi connectivity index (χ0v) is 25.7. The van der Waals surface area contributed by atoms with Crippen LogP contribution in [0.5, 0.6) is 11.5 Å². The number of ether oxygens (including phenoxy) is 3. The maximum Gasteiger partial charge on any atom is 0.295 e. The van der Waals surface area contributed by atoms with Gasteiger partial charge < -0.3 is 24.2 Å². The van der Waals surface area contributed by atoms with Crippen LogP contribution in [0, 0.1) is 6.92 Å². The molecular formula is C36H42N2O6. The van der Waals surface area contributed by atoms with E-state index in [9.17, 15) is 14.7 Å². The number of carbonyl (C=O) groups is 2. The van der Waals surface area contributed by atoms with Crippen LogP contribution in [0.25, 0.3) is 5.76 Å². The Bertz CT molecular complexity index is 1440. The van der Waals surface area contributed by atoms with Crippen molar-refractivity contribution in [1.82, 2.24) is 9.80 Å². The molecule has 3 aromatic carbocycles. The van der Waals surface area contributed by atoms with Gasteiger partial charge in [-0.1, -0.05) is 61.7 Å². The van der Waals surface area contributed by atoms with Crippen LogP contribution in [-0.4, -0.2) is 72.6 Å². The summed E-state index contributed by atoms with van der Waals surface area (Å²) in [5.41, 5.74) is 3.50. The van der Waals surface area contributed by atoms with Crippen LogP contribution in [0.3, 0.4) is 0 Å². The van der Waals surface area contributed by atoms with E-state index in [-0.39, 0.29) is 11.3 Å². The molecule has 8 heteroatoms. The van der Waals surface area contributed by atoms with Gasteiger partial charge in [0.1, 0.15) is 23.9 Å². The minimum atomic E-state index is -0.720. The lowest BCUT2D eigenvalue weighted by Gasteiger charge is -2.31. The number of hydrogen-bond donors (Lipinski definition) is 1. The van der Waals surface area contributed by atoms with Crippen molar-refractivity contribution in [2.45, 2.75) is 45.8 Å². The van der Waals surface area contributed by atoms with Gasteiger partial charge in [-0.3, -0.25) is 14.5 Å². The number of unbranched alkanes of at least 4 members (excludes halogenated alkanes) is 2. The van der Waals surface area contributed by atoms with Gasteiger partial charge in [0.15, 0.2) is 0 Å². The molecule has 2 saturated heterocycles. The Morgan fingerprint density at radius 3 is 2.32 bits per heavy atom. The van der Waals surface area contributed by atoms with Crippen molar-refractivity contribution in [3.63, 3.8) is 0 Å². The number of benzene rings is 3. The second kappa shape index (κ2) is 15.0. The van der Waals surface area contributed by atoms with E-state index in [4.69, 9.17) is 14.2 Å². The van der Waals surface area contributed by atoms with E-state index in [2.05, 4.69) is 17.9 Å². The molecule has 44 heavy (non-hydrogen) atoms. The number of ketones is 1. The summed E-state index contributed by atoms with van der Waals surface area (Å²) in [6, 6.07) is 21.8. The SMILES string of the molecule is CCCCCOc1ccc(C2C(=C(O)c3ccc(OCc4cccc(C)c4)cc3)C(=O)C(=O)N2CCN2CCOCC2)cc1. The Hall–Kier alpha value is -4.14. The highest BCUT2D eigenvalue weighted by atomic mass is 16.5. The molecule has 0 aromatic heterocycles. The van der Waals surface area contributed by atoms with Crippen LogP contribution in [0.15, 0.2) is 78.4 Å². The van der Waals surface area contributed by atoms with Crippen molar-refractivity contribution >= 4 is 17.4 Å². The maximum atomic E-state index is 13.5. The molecule has 0 bridgehead atoms. The van der Waals surface area contributed by atoms with Gasteiger partial charge in [0.05, 0.1) is 31.4 Å². The van der Waals surface area contributed by atoms with Crippen molar-refractivity contribution in [2.24, 2.45) is 0 Å². The first kappa shape index (κ1) is 31.3. The Labute approximate surface area is 259 Å². The largest absolute Gasteiger partial charge is 0.507 e. The standard InChI is InChI=1S/C36H42N2O6/c1-3-4-5-21-43-30-13-9-28(10-14-30)33-32(35(40)36(41)38(33)18-17-37-19-22-42-23-20-37)34(39)29-11-15-31(16-12-29)44-25-27-8-6-7-26(2)24-27/h6-16,24,33,39H,3-5,17-23,25H2,1-2H3. The predicted octanol–water partition coefficient (Wildman–Crippen LogP) is 5.90. The van der Waals surface area contributed by atoms with Crippen molar-refractivity contribution < 1.29 is 28.9 Å². The second-order valence-corrected chi connectivity index (χ2v) is 11.4. The van der Waals surface area contributed by atoms with Crippen LogP contribution in [0.4, 0.5) is 0 Å². The third-order valence-corrected chi connectivity index (χ3v) is 8.13. The molecule has 8 nitrogen and oxygen atoms in total. The van der Waals surface area contributed by atoms with E-state index in [1.54, 1.807) is 29.2 Å². The number of aliphatic hydroxyl groups excluding tert-OH is 1. The molecule has 1 N–H and O–H groups in total. The summed E-state index contributed by atoms with van der Waals surface area (Å²) in [4.78, 5) is 30.7. The smallest absolute Gasteiger partial charge is 0.295 e. The molecular weight excluding hydrogens is 556 g/mol. The Morgan fingerprint density at radius 1 is 0.909 bits per heavy atom. The number of aliphatic hydroxyl groups is 1. The number of amides is 1. The summed E-state index contributed by atoms with van der Waals surface area (Å²) in [5.74, 6) is -0.124. The fraction of sp³-hybridized carbons (Fsp3) is 0.389. The monoisotopic (exact) mass is 598 g/mol. The van der Waals surface area contributed by atoms with Crippen LogP contribution in [0.2, 0.25) is 0 Å². The van der Waals surface area contributed by atoms with Gasteiger partial charge in [-0.05, 0) is 60.9 Å². The van der Waals surface area contributed by atoms with Crippen LogP contribution >= 0.6 is 0 Å². The van der Waals surface area contributed by atoms with Gasteiger partial charge in [-0.25, -0.2) is 0 Å². The minimum absolute atomic E-state index is 0.0852. The lowest BCUT2D eigenvalue weighted by molar-refractivity contribution is -0.140. The van der Waals surface area contributed by atoms with Crippen LogP contribution in [0.1, 0.15) is 54.5 Å². The van der Waals surface area contributed by atoms with Gasteiger partial charge in [-0.15, -0.1) is 0 Å². The Morgan fingerprint density at radius 2 is 1.61 bits per heavy atom. The number of morpholine rings is 1. The molecule has 2 aliphatic rings. The third-order valence-electron chi connectivity index (χ3n) is 8.13. The lowest BCUT2D eigenvalue weighted by Crippen LogP contribution is -2.42. The number of rotatable bonds is 13. The highest BCUT2D eigenvalue weighted by molar-refractivity contribution is 6.46. The summed E-state index contributed by atoms with van der Waals surface area (Å²) in [7, 11) is 0. The predicted molar refractivity (Wildman–Crippen MR) is 170 cm³/mol. The summed E-state index contributed by atoms with van der Waals surface area (Å²) >= 11 is 0. The molecule has 232 valence electrons. The van der Waals surface area contributed by atoms with Crippen molar-refractivity contribution in [2.75, 3.05) is 46.0 Å². The summed E-state index contributed by atoms with van der Waals surface area (Å²) in [5, 5.41) is 11.5. The average molecular weight is 599 g/mol. The number of Topliss-reactive ketones (excluding diaryl/α,β-unsaturated/α-hetero) is 1.